The van der Waals surface area contributed by atoms with Crippen LogP contribution in [-0.2, 0) is 26.3 Å². The minimum absolute atomic E-state index is 0.0708. The van der Waals surface area contributed by atoms with Crippen molar-refractivity contribution in [1.29, 1.82) is 0 Å². The first-order chi connectivity index (χ1) is 20.3. The fraction of sp³-hybridized carbons (Fsp3) is 0.360. The van der Waals surface area contributed by atoms with Gasteiger partial charge in [0.05, 0.1) is 5.69 Å². The van der Waals surface area contributed by atoms with Gasteiger partial charge in [-0.1, -0.05) is 23.8 Å². The van der Waals surface area contributed by atoms with Crippen molar-refractivity contribution in [3.05, 3.63) is 46.3 Å². The quantitative estimate of drug-likeness (QED) is 0.115. The number of amides is 2. The van der Waals surface area contributed by atoms with Gasteiger partial charge in [-0.25, -0.2) is 14.3 Å². The molecular formula is C25H27N8O5S4+. The van der Waals surface area contributed by atoms with Gasteiger partial charge in [-0.15, -0.1) is 23.1 Å². The molecule has 2 atom stereocenters. The standard InChI is InChI=1S/C25H26N8O5S4/c1-4-8-26-24-29-19(31-42-24)16(30-38-5-2)20(34)28-17-21(35)33-18(23(36)37)15(12-39-22(17)33)41-25-27-14(11-40-25)13-6-9-32(3)10-7-13/h6-7,9-11,17,22H,4-5,8,12H2,1-3H3,(H2-,26,28,29,31,34,36,37)/p+1/t17-,22-/m1/s1. The predicted molar refractivity (Wildman–Crippen MR) is 161 cm³/mol. The lowest BCUT2D eigenvalue weighted by Gasteiger charge is -2.49. The molecule has 42 heavy (non-hydrogen) atoms. The summed E-state index contributed by atoms with van der Waals surface area (Å²) in [6.45, 7) is 4.64. The second-order valence-electron chi connectivity index (χ2n) is 9.00. The number of β-lactam (4-membered cyclic amide) rings is 1. The minimum Gasteiger partial charge on any atom is -0.477 e. The van der Waals surface area contributed by atoms with Gasteiger partial charge >= 0.3 is 5.97 Å². The molecule has 220 valence electrons. The van der Waals surface area contributed by atoms with Crippen molar-refractivity contribution in [2.45, 2.75) is 36.0 Å². The average Bonchev–Trinajstić information content (AvgIpc) is 3.65. The molecule has 0 radical (unpaired) electrons. The number of aryl methyl sites for hydroxylation is 1. The van der Waals surface area contributed by atoms with E-state index < -0.39 is 29.2 Å². The first-order valence-electron chi connectivity index (χ1n) is 12.9. The van der Waals surface area contributed by atoms with Crippen molar-refractivity contribution >= 4 is 75.0 Å². The van der Waals surface area contributed by atoms with Crippen LogP contribution in [0.25, 0.3) is 11.3 Å². The molecule has 5 rings (SSSR count). The Hall–Kier alpha value is -3.54. The number of fused-ring (bicyclic) bond motifs is 1. The Morgan fingerprint density at radius 1 is 1.29 bits per heavy atom. The lowest BCUT2D eigenvalue weighted by molar-refractivity contribution is -0.671. The number of hydrogen-bond donors (Lipinski definition) is 3. The number of carbonyl (C=O) groups excluding carboxylic acids is 2. The number of carbonyl (C=O) groups is 3. The van der Waals surface area contributed by atoms with E-state index in [1.807, 2.05) is 48.4 Å². The summed E-state index contributed by atoms with van der Waals surface area (Å²) < 4.78 is 6.80. The van der Waals surface area contributed by atoms with Crippen molar-refractivity contribution < 1.29 is 28.9 Å². The summed E-state index contributed by atoms with van der Waals surface area (Å²) in [6, 6.07) is 2.96. The number of rotatable bonds is 12. The molecule has 0 aromatic carbocycles. The zero-order valence-corrected chi connectivity index (χ0v) is 26.0. The van der Waals surface area contributed by atoms with E-state index in [4.69, 9.17) is 4.84 Å². The monoisotopic (exact) mass is 647 g/mol. The number of thioether (sulfide) groups is 2. The normalized spacial score (nSPS) is 18.4. The molecule has 2 aliphatic heterocycles. The van der Waals surface area contributed by atoms with Gasteiger partial charge in [0, 0.05) is 51.8 Å². The Labute approximate surface area is 257 Å². The summed E-state index contributed by atoms with van der Waals surface area (Å²) in [7, 11) is 1.93. The number of anilines is 1. The Kier molecular flexibility index (Phi) is 9.40. The Bertz CT molecular complexity index is 1550. The number of oxime groups is 1. The highest BCUT2D eigenvalue weighted by atomic mass is 32.2. The molecule has 0 unspecified atom stereocenters. The summed E-state index contributed by atoms with van der Waals surface area (Å²) in [5.74, 6) is -2.02. The lowest BCUT2D eigenvalue weighted by Crippen LogP contribution is -2.71. The fourth-order valence-electron chi connectivity index (χ4n) is 4.03. The zero-order valence-electron chi connectivity index (χ0n) is 22.8. The fourth-order valence-corrected chi connectivity index (χ4v) is 8.09. The highest BCUT2D eigenvalue weighted by Crippen LogP contribution is 2.46. The van der Waals surface area contributed by atoms with Crippen molar-refractivity contribution in [3.8, 4) is 11.3 Å². The van der Waals surface area contributed by atoms with Crippen LogP contribution in [0.5, 0.6) is 0 Å². The van der Waals surface area contributed by atoms with Gasteiger partial charge in [0.1, 0.15) is 30.8 Å². The van der Waals surface area contributed by atoms with Crippen LogP contribution < -0.4 is 15.2 Å². The lowest BCUT2D eigenvalue weighted by atomic mass is 10.0. The van der Waals surface area contributed by atoms with Gasteiger partial charge in [-0.05, 0) is 13.3 Å². The van der Waals surface area contributed by atoms with E-state index in [0.29, 0.717) is 26.7 Å². The predicted octanol–water partition coefficient (Wildman–Crippen LogP) is 2.54. The van der Waals surface area contributed by atoms with Gasteiger partial charge < -0.3 is 20.6 Å². The molecule has 3 aromatic rings. The number of aliphatic carboxylic acids is 1. The third-order valence-corrected chi connectivity index (χ3v) is 10.2. The maximum atomic E-state index is 13.2. The average molecular weight is 648 g/mol. The zero-order chi connectivity index (χ0) is 29.8. The van der Waals surface area contributed by atoms with E-state index in [1.165, 1.54) is 39.8 Å². The van der Waals surface area contributed by atoms with E-state index in [-0.39, 0.29) is 23.8 Å². The van der Waals surface area contributed by atoms with Crippen LogP contribution in [0.4, 0.5) is 5.13 Å². The van der Waals surface area contributed by atoms with Crippen LogP contribution in [0.3, 0.4) is 0 Å². The SMILES string of the molecule is CCCNc1nc(C(=NOCC)C(=O)N[C@@H]2C(=O)N3C(C(=O)O)=C(Sc4nc(-c5cc[n+](C)cc5)cs4)CS[C@H]23)ns1. The summed E-state index contributed by atoms with van der Waals surface area (Å²) in [4.78, 5) is 54.6. The molecule has 5 heterocycles. The van der Waals surface area contributed by atoms with Gasteiger partial charge in [-0.3, -0.25) is 14.5 Å². The highest BCUT2D eigenvalue weighted by molar-refractivity contribution is 8.07. The Morgan fingerprint density at radius 2 is 2.07 bits per heavy atom. The third kappa shape index (κ3) is 6.28. The molecule has 3 aromatic heterocycles. The van der Waals surface area contributed by atoms with Gasteiger partial charge in [-0.2, -0.15) is 9.36 Å². The van der Waals surface area contributed by atoms with Crippen molar-refractivity contribution in [2.75, 3.05) is 24.2 Å². The molecule has 17 heteroatoms. The Morgan fingerprint density at radius 3 is 2.79 bits per heavy atom. The number of carboxylic acid groups (broad SMARTS) is 1. The van der Waals surface area contributed by atoms with Crippen molar-refractivity contribution in [3.63, 3.8) is 0 Å². The molecule has 0 aliphatic carbocycles. The summed E-state index contributed by atoms with van der Waals surface area (Å²) >= 11 is 5.10. The van der Waals surface area contributed by atoms with E-state index in [2.05, 4.69) is 30.1 Å². The van der Waals surface area contributed by atoms with Gasteiger partial charge in [0.2, 0.25) is 16.7 Å². The molecule has 1 saturated heterocycles. The summed E-state index contributed by atoms with van der Waals surface area (Å²) in [5, 5.41) is 21.6. The molecule has 0 spiro atoms. The van der Waals surface area contributed by atoms with E-state index in [1.54, 1.807) is 6.92 Å². The molecule has 1 fully saturated rings. The van der Waals surface area contributed by atoms with Gasteiger partial charge in [0.15, 0.2) is 16.7 Å². The third-order valence-electron chi connectivity index (χ3n) is 6.05. The van der Waals surface area contributed by atoms with Crippen LogP contribution in [-0.4, -0.2) is 78.2 Å². The first-order valence-corrected chi connectivity index (χ1v) is 16.4. The molecule has 0 saturated carbocycles. The minimum atomic E-state index is -1.22. The molecule has 13 nitrogen and oxygen atoms in total. The molecular weight excluding hydrogens is 621 g/mol. The second-order valence-corrected chi connectivity index (χ2v) is 13.1. The highest BCUT2D eigenvalue weighted by Gasteiger charge is 2.54. The van der Waals surface area contributed by atoms with Crippen LogP contribution in [0, 0.1) is 0 Å². The summed E-state index contributed by atoms with van der Waals surface area (Å²) in [6.07, 6.45) is 4.74. The van der Waals surface area contributed by atoms with Crippen LogP contribution in [0.2, 0.25) is 0 Å². The van der Waals surface area contributed by atoms with Crippen LogP contribution in [0.1, 0.15) is 26.1 Å². The molecule has 2 aliphatic rings. The number of hydrogen-bond acceptors (Lipinski definition) is 13. The molecule has 3 N–H and O–H groups in total. The number of nitrogens with one attached hydrogen (secondary N) is 2. The maximum Gasteiger partial charge on any atom is 0.353 e. The van der Waals surface area contributed by atoms with E-state index in [9.17, 15) is 19.5 Å². The van der Waals surface area contributed by atoms with Crippen molar-refractivity contribution in [1.82, 2.24) is 24.6 Å². The topological polar surface area (TPSA) is 163 Å². The van der Waals surface area contributed by atoms with Crippen LogP contribution in [0.15, 0.2) is 50.0 Å². The summed E-state index contributed by atoms with van der Waals surface area (Å²) in [5.41, 5.74) is 1.48. The van der Waals surface area contributed by atoms with E-state index >= 15 is 0 Å². The molecule has 0 bridgehead atoms. The van der Waals surface area contributed by atoms with Crippen LogP contribution >= 0.6 is 46.4 Å². The number of aromatic nitrogens is 4. The number of thiazole rings is 1. The second kappa shape index (κ2) is 13.2. The van der Waals surface area contributed by atoms with Crippen molar-refractivity contribution in [2.24, 2.45) is 12.2 Å². The Balaban J connectivity index is 1.30. The first kappa shape index (κ1) is 29.9. The largest absolute Gasteiger partial charge is 0.477 e. The number of carboxylic acids is 1. The maximum absolute atomic E-state index is 13.2. The van der Waals surface area contributed by atoms with E-state index in [0.717, 1.165) is 29.2 Å². The smallest absolute Gasteiger partial charge is 0.353 e. The number of pyridine rings is 1. The molecule has 2 amide bonds. The van der Waals surface area contributed by atoms with Gasteiger partial charge in [0.25, 0.3) is 11.8 Å². The number of nitrogens with zero attached hydrogens (tertiary/aromatic N) is 6.